The summed E-state index contributed by atoms with van der Waals surface area (Å²) in [4.78, 5) is 2.42. The van der Waals surface area contributed by atoms with Gasteiger partial charge in [-0.05, 0) is 61.1 Å². The van der Waals surface area contributed by atoms with Crippen molar-refractivity contribution < 1.29 is 0 Å². The molecule has 1 atom stereocenters. The van der Waals surface area contributed by atoms with Gasteiger partial charge in [-0.1, -0.05) is 31.2 Å². The van der Waals surface area contributed by atoms with Gasteiger partial charge in [0.1, 0.15) is 0 Å². The van der Waals surface area contributed by atoms with Crippen LogP contribution in [0.15, 0.2) is 42.5 Å². The zero-order valence-corrected chi connectivity index (χ0v) is 13.0. The second-order valence-corrected chi connectivity index (χ2v) is 6.01. The average molecular weight is 280 g/mol. The lowest BCUT2D eigenvalue weighted by Crippen LogP contribution is -2.22. The van der Waals surface area contributed by atoms with E-state index in [-0.39, 0.29) is 6.04 Å². The van der Waals surface area contributed by atoms with E-state index in [1.165, 1.54) is 28.1 Å². The van der Waals surface area contributed by atoms with Crippen molar-refractivity contribution in [3.63, 3.8) is 0 Å². The minimum absolute atomic E-state index is 0.266. The molecule has 0 saturated carbocycles. The third kappa shape index (κ3) is 2.81. The van der Waals surface area contributed by atoms with E-state index < -0.39 is 0 Å². The predicted octanol–water partition coefficient (Wildman–Crippen LogP) is 3.97. The van der Waals surface area contributed by atoms with Gasteiger partial charge >= 0.3 is 0 Å². The van der Waals surface area contributed by atoms with Crippen LogP contribution in [0.3, 0.4) is 0 Å². The molecule has 0 spiro atoms. The van der Waals surface area contributed by atoms with Crippen LogP contribution >= 0.6 is 0 Å². The van der Waals surface area contributed by atoms with Gasteiger partial charge in [0.2, 0.25) is 0 Å². The van der Waals surface area contributed by atoms with Gasteiger partial charge in [0.25, 0.3) is 0 Å². The molecule has 0 saturated heterocycles. The highest BCUT2D eigenvalue weighted by molar-refractivity contribution is 5.70. The summed E-state index contributed by atoms with van der Waals surface area (Å²) in [6.45, 7) is 5.42. The molecule has 1 unspecified atom stereocenters. The highest BCUT2D eigenvalue weighted by Crippen LogP contribution is 2.35. The molecule has 0 radical (unpaired) electrons. The molecular formula is C19H24N2. The maximum absolute atomic E-state index is 6.09. The van der Waals surface area contributed by atoms with Crippen molar-refractivity contribution in [1.82, 2.24) is 0 Å². The number of rotatable bonds is 4. The molecular weight excluding hydrogens is 256 g/mol. The molecule has 2 aromatic carbocycles. The van der Waals surface area contributed by atoms with Crippen LogP contribution in [0.1, 0.15) is 30.0 Å². The van der Waals surface area contributed by atoms with Crippen molar-refractivity contribution >= 4 is 11.4 Å². The number of nitrogens with zero attached hydrogens (tertiary/aromatic N) is 1. The van der Waals surface area contributed by atoms with Gasteiger partial charge in [-0.3, -0.25) is 0 Å². The van der Waals surface area contributed by atoms with Crippen molar-refractivity contribution in [1.29, 1.82) is 0 Å². The number of anilines is 2. The highest BCUT2D eigenvalue weighted by Gasteiger charge is 2.20. The summed E-state index contributed by atoms with van der Waals surface area (Å²) < 4.78 is 0. The van der Waals surface area contributed by atoms with Gasteiger partial charge < -0.3 is 10.6 Å². The summed E-state index contributed by atoms with van der Waals surface area (Å²) in [7, 11) is 0. The molecule has 0 fully saturated rings. The van der Waals surface area contributed by atoms with E-state index in [0.29, 0.717) is 0 Å². The Morgan fingerprint density at radius 1 is 1.19 bits per heavy atom. The van der Waals surface area contributed by atoms with Crippen LogP contribution in [-0.2, 0) is 12.8 Å². The number of aryl methyl sites for hydroxylation is 1. The van der Waals surface area contributed by atoms with Crippen LogP contribution < -0.4 is 10.6 Å². The van der Waals surface area contributed by atoms with Crippen LogP contribution in [0.2, 0.25) is 0 Å². The zero-order valence-electron chi connectivity index (χ0n) is 13.0. The van der Waals surface area contributed by atoms with Crippen LogP contribution in [0.5, 0.6) is 0 Å². The first kappa shape index (κ1) is 14.2. The number of fused-ring (bicyclic) bond motifs is 1. The molecule has 2 heteroatoms. The predicted molar refractivity (Wildman–Crippen MR) is 90.3 cm³/mol. The molecule has 1 heterocycles. The fourth-order valence-electron chi connectivity index (χ4n) is 3.11. The van der Waals surface area contributed by atoms with Crippen LogP contribution in [0.25, 0.3) is 0 Å². The van der Waals surface area contributed by atoms with E-state index in [1.807, 2.05) is 0 Å². The van der Waals surface area contributed by atoms with Gasteiger partial charge in [0.15, 0.2) is 0 Å². The highest BCUT2D eigenvalue weighted by atomic mass is 15.2. The third-order valence-corrected chi connectivity index (χ3v) is 4.53. The molecule has 3 rings (SSSR count). The Morgan fingerprint density at radius 2 is 2.00 bits per heavy atom. The Balaban J connectivity index is 1.86. The lowest BCUT2D eigenvalue weighted by molar-refractivity contribution is 0.644. The standard InChI is InChI=1S/C19H24N2/c1-3-17(20)13-16-8-9-18(12-14(16)2)21-11-10-15-6-4-5-7-19(15)21/h4-9,12,17H,3,10-11,13,20H2,1-2H3. The molecule has 1 aliphatic rings. The van der Waals surface area contributed by atoms with Crippen LogP contribution in [0.4, 0.5) is 11.4 Å². The van der Waals surface area contributed by atoms with Crippen LogP contribution in [-0.4, -0.2) is 12.6 Å². The Morgan fingerprint density at radius 3 is 2.76 bits per heavy atom. The molecule has 0 aromatic heterocycles. The lowest BCUT2D eigenvalue weighted by Gasteiger charge is -2.21. The number of hydrogen-bond donors (Lipinski definition) is 1. The summed E-state index contributed by atoms with van der Waals surface area (Å²) >= 11 is 0. The van der Waals surface area contributed by atoms with E-state index in [0.717, 1.165) is 25.8 Å². The van der Waals surface area contributed by atoms with Crippen molar-refractivity contribution in [3.8, 4) is 0 Å². The van der Waals surface area contributed by atoms with Crippen molar-refractivity contribution in [2.24, 2.45) is 5.73 Å². The minimum Gasteiger partial charge on any atom is -0.341 e. The van der Waals surface area contributed by atoms with Gasteiger partial charge in [-0.15, -0.1) is 0 Å². The largest absolute Gasteiger partial charge is 0.341 e. The molecule has 2 aromatic rings. The summed E-state index contributed by atoms with van der Waals surface area (Å²) in [5.74, 6) is 0. The Kier molecular flexibility index (Phi) is 3.98. The van der Waals surface area contributed by atoms with Crippen molar-refractivity contribution in [2.45, 2.75) is 39.2 Å². The fourth-order valence-corrected chi connectivity index (χ4v) is 3.11. The van der Waals surface area contributed by atoms with Gasteiger partial charge in [0, 0.05) is 24.0 Å². The van der Waals surface area contributed by atoms with E-state index >= 15 is 0 Å². The third-order valence-electron chi connectivity index (χ3n) is 4.53. The second-order valence-electron chi connectivity index (χ2n) is 6.01. The maximum atomic E-state index is 6.09. The number of para-hydroxylation sites is 1. The summed E-state index contributed by atoms with van der Waals surface area (Å²) in [5.41, 5.74) is 12.9. The SMILES string of the molecule is CCC(N)Cc1ccc(N2CCc3ccccc32)cc1C. The molecule has 2 nitrogen and oxygen atoms in total. The smallest absolute Gasteiger partial charge is 0.0444 e. The summed E-state index contributed by atoms with van der Waals surface area (Å²) in [6, 6.07) is 15.8. The monoisotopic (exact) mass is 280 g/mol. The molecule has 21 heavy (non-hydrogen) atoms. The number of benzene rings is 2. The lowest BCUT2D eigenvalue weighted by atomic mass is 9.99. The van der Waals surface area contributed by atoms with E-state index in [9.17, 15) is 0 Å². The van der Waals surface area contributed by atoms with Crippen LogP contribution in [0, 0.1) is 6.92 Å². The molecule has 1 aliphatic heterocycles. The second kappa shape index (κ2) is 5.90. The van der Waals surface area contributed by atoms with Crippen molar-refractivity contribution in [2.75, 3.05) is 11.4 Å². The minimum atomic E-state index is 0.266. The zero-order chi connectivity index (χ0) is 14.8. The quantitative estimate of drug-likeness (QED) is 0.918. The fraction of sp³-hybridized carbons (Fsp3) is 0.368. The Labute approximate surface area is 127 Å². The first-order chi connectivity index (χ1) is 10.2. The number of hydrogen-bond acceptors (Lipinski definition) is 2. The molecule has 0 bridgehead atoms. The first-order valence-corrected chi connectivity index (χ1v) is 7.89. The van der Waals surface area contributed by atoms with E-state index in [2.05, 4.69) is 61.2 Å². The first-order valence-electron chi connectivity index (χ1n) is 7.89. The molecule has 2 N–H and O–H groups in total. The average Bonchev–Trinajstić information content (AvgIpc) is 2.93. The van der Waals surface area contributed by atoms with Gasteiger partial charge in [-0.2, -0.15) is 0 Å². The topological polar surface area (TPSA) is 29.3 Å². The molecule has 0 aliphatic carbocycles. The normalized spacial score (nSPS) is 15.1. The van der Waals surface area contributed by atoms with Crippen molar-refractivity contribution in [3.05, 3.63) is 59.2 Å². The number of nitrogens with two attached hydrogens (primary N) is 1. The Hall–Kier alpha value is -1.80. The van der Waals surface area contributed by atoms with E-state index in [1.54, 1.807) is 0 Å². The van der Waals surface area contributed by atoms with E-state index in [4.69, 9.17) is 5.73 Å². The molecule has 110 valence electrons. The molecule has 0 amide bonds. The Bertz CT molecular complexity index is 633. The summed E-state index contributed by atoms with van der Waals surface area (Å²) in [6.07, 6.45) is 3.14. The van der Waals surface area contributed by atoms with Gasteiger partial charge in [0.05, 0.1) is 0 Å². The maximum Gasteiger partial charge on any atom is 0.0444 e. The van der Waals surface area contributed by atoms with Gasteiger partial charge in [-0.25, -0.2) is 0 Å². The summed E-state index contributed by atoms with van der Waals surface area (Å²) in [5, 5.41) is 0.